The van der Waals surface area contributed by atoms with E-state index >= 15 is 0 Å². The van der Waals surface area contributed by atoms with Gasteiger partial charge in [-0.15, -0.1) is 0 Å². The van der Waals surface area contributed by atoms with Crippen molar-refractivity contribution in [1.82, 2.24) is 0 Å². The quantitative estimate of drug-likeness (QED) is 0.393. The van der Waals surface area contributed by atoms with E-state index < -0.39 is 7.37 Å². The van der Waals surface area contributed by atoms with Crippen LogP contribution in [0.25, 0.3) is 0 Å². The molecule has 0 amide bonds. The Bertz CT molecular complexity index is 222. The normalized spacial score (nSPS) is 14.6. The van der Waals surface area contributed by atoms with Crippen molar-refractivity contribution in [1.29, 1.82) is 0 Å². The number of carbonyl (C=O) groups is 1. The molecule has 0 saturated carbocycles. The Labute approximate surface area is 99.3 Å². The first-order chi connectivity index (χ1) is 7.08. The maximum absolute atomic E-state index is 12.1. The summed E-state index contributed by atoms with van der Waals surface area (Å²) in [5, 5.41) is 0.618. The summed E-state index contributed by atoms with van der Waals surface area (Å²) in [7, 11) is -2.64. The zero-order valence-electron chi connectivity index (χ0n) is 9.20. The van der Waals surface area contributed by atoms with Crippen molar-refractivity contribution in [2.45, 2.75) is 20.3 Å². The zero-order valence-corrected chi connectivity index (χ0v) is 11.7. The van der Waals surface area contributed by atoms with E-state index in [1.807, 2.05) is 0 Å². The van der Waals surface area contributed by atoms with Crippen LogP contribution < -0.4 is 0 Å². The van der Waals surface area contributed by atoms with Gasteiger partial charge in [0.25, 0.3) is 0 Å². The lowest BCUT2D eigenvalue weighted by Gasteiger charge is -2.15. The molecule has 0 bridgehead atoms. The molecule has 0 aromatic rings. The highest BCUT2D eigenvalue weighted by molar-refractivity contribution is 9.09. The van der Waals surface area contributed by atoms with Gasteiger partial charge in [-0.1, -0.05) is 15.9 Å². The second-order valence-electron chi connectivity index (χ2n) is 2.92. The molecule has 0 spiro atoms. The Balaban J connectivity index is 4.06. The molecule has 90 valence electrons. The highest BCUT2D eigenvalue weighted by Crippen LogP contribution is 2.47. The average molecular weight is 301 g/mol. The van der Waals surface area contributed by atoms with Gasteiger partial charge in [-0.25, -0.2) is 0 Å². The highest BCUT2D eigenvalue weighted by Gasteiger charge is 2.23. The molecule has 0 radical (unpaired) electrons. The topological polar surface area (TPSA) is 52.6 Å². The SMILES string of the molecule is CCOC(=O)CCP(=O)(CCBr)OCC. The summed E-state index contributed by atoms with van der Waals surface area (Å²) >= 11 is 3.22. The first-order valence-electron chi connectivity index (χ1n) is 5.02. The van der Waals surface area contributed by atoms with Crippen molar-refractivity contribution < 1.29 is 18.6 Å². The minimum atomic E-state index is -2.64. The third kappa shape index (κ3) is 7.09. The highest BCUT2D eigenvalue weighted by atomic mass is 79.9. The first kappa shape index (κ1) is 15.1. The summed E-state index contributed by atoms with van der Waals surface area (Å²) in [4.78, 5) is 11.1. The van der Waals surface area contributed by atoms with Gasteiger partial charge in [0.05, 0.1) is 19.6 Å². The summed E-state index contributed by atoms with van der Waals surface area (Å²) in [5.74, 6) is -0.313. The minimum Gasteiger partial charge on any atom is -0.466 e. The van der Waals surface area contributed by atoms with Gasteiger partial charge >= 0.3 is 5.97 Å². The number of esters is 1. The molecule has 6 heteroatoms. The van der Waals surface area contributed by atoms with Crippen LogP contribution >= 0.6 is 23.3 Å². The van der Waals surface area contributed by atoms with E-state index in [-0.39, 0.29) is 18.6 Å². The molecule has 1 atom stereocenters. The molecule has 0 rings (SSSR count). The molecular formula is C9H18BrO4P. The van der Waals surface area contributed by atoms with Crippen LogP contribution in [0.2, 0.25) is 0 Å². The van der Waals surface area contributed by atoms with Gasteiger partial charge in [0, 0.05) is 17.7 Å². The van der Waals surface area contributed by atoms with Crippen molar-refractivity contribution in [3.8, 4) is 0 Å². The fourth-order valence-corrected chi connectivity index (χ4v) is 4.45. The van der Waals surface area contributed by atoms with Gasteiger partial charge in [-0.3, -0.25) is 9.36 Å². The number of alkyl halides is 1. The molecule has 0 N–H and O–H groups in total. The van der Waals surface area contributed by atoms with Crippen molar-refractivity contribution >= 4 is 29.3 Å². The molecule has 0 heterocycles. The van der Waals surface area contributed by atoms with Crippen LogP contribution in [-0.4, -0.2) is 36.8 Å². The van der Waals surface area contributed by atoms with Crippen LogP contribution in [0.5, 0.6) is 0 Å². The van der Waals surface area contributed by atoms with Gasteiger partial charge in [0.1, 0.15) is 0 Å². The van der Waals surface area contributed by atoms with Crippen molar-refractivity contribution in [3.63, 3.8) is 0 Å². The molecule has 0 aromatic heterocycles. The zero-order chi connectivity index (χ0) is 11.7. The molecule has 0 aromatic carbocycles. The van der Waals surface area contributed by atoms with Crippen LogP contribution in [0.4, 0.5) is 0 Å². The molecule has 0 saturated heterocycles. The lowest BCUT2D eigenvalue weighted by Crippen LogP contribution is -2.09. The fraction of sp³-hybridized carbons (Fsp3) is 0.889. The molecule has 15 heavy (non-hydrogen) atoms. The van der Waals surface area contributed by atoms with E-state index in [0.29, 0.717) is 24.7 Å². The second kappa shape index (κ2) is 8.31. The van der Waals surface area contributed by atoms with Gasteiger partial charge < -0.3 is 9.26 Å². The number of hydrogen-bond donors (Lipinski definition) is 0. The first-order valence-corrected chi connectivity index (χ1v) is 8.13. The third-order valence-electron chi connectivity index (χ3n) is 1.75. The van der Waals surface area contributed by atoms with Gasteiger partial charge in [-0.05, 0) is 13.8 Å². The minimum absolute atomic E-state index is 0.165. The van der Waals surface area contributed by atoms with Crippen LogP contribution in [0.3, 0.4) is 0 Å². The molecule has 1 unspecified atom stereocenters. The van der Waals surface area contributed by atoms with Crippen LogP contribution in [-0.2, 0) is 18.6 Å². The number of hydrogen-bond acceptors (Lipinski definition) is 4. The Morgan fingerprint density at radius 3 is 2.40 bits per heavy atom. The summed E-state index contributed by atoms with van der Waals surface area (Å²) < 4.78 is 22.0. The Morgan fingerprint density at radius 2 is 1.93 bits per heavy atom. The number of halogens is 1. The summed E-state index contributed by atoms with van der Waals surface area (Å²) in [6, 6.07) is 0. The molecule has 0 aliphatic heterocycles. The van der Waals surface area contributed by atoms with Gasteiger partial charge in [0.2, 0.25) is 7.37 Å². The summed E-state index contributed by atoms with van der Waals surface area (Å²) in [6.07, 6.45) is 0.892. The Morgan fingerprint density at radius 1 is 1.27 bits per heavy atom. The molecular weight excluding hydrogens is 283 g/mol. The van der Waals surface area contributed by atoms with Crippen LogP contribution in [0.15, 0.2) is 0 Å². The van der Waals surface area contributed by atoms with Crippen molar-refractivity contribution in [2.75, 3.05) is 30.9 Å². The van der Waals surface area contributed by atoms with Gasteiger partial charge in [-0.2, -0.15) is 0 Å². The predicted molar refractivity (Wildman–Crippen MR) is 64.0 cm³/mol. The molecule has 0 fully saturated rings. The van der Waals surface area contributed by atoms with E-state index in [9.17, 15) is 9.36 Å². The lowest BCUT2D eigenvalue weighted by molar-refractivity contribution is -0.142. The van der Waals surface area contributed by atoms with Crippen molar-refractivity contribution in [2.24, 2.45) is 0 Å². The van der Waals surface area contributed by atoms with E-state index in [1.165, 1.54) is 0 Å². The van der Waals surface area contributed by atoms with Crippen LogP contribution in [0, 0.1) is 0 Å². The van der Waals surface area contributed by atoms with Crippen LogP contribution in [0.1, 0.15) is 20.3 Å². The Hall–Kier alpha value is 0.140. The molecule has 0 aliphatic rings. The van der Waals surface area contributed by atoms with E-state index in [4.69, 9.17) is 9.26 Å². The monoisotopic (exact) mass is 300 g/mol. The molecule has 0 aliphatic carbocycles. The lowest BCUT2D eigenvalue weighted by atomic mass is 10.5. The van der Waals surface area contributed by atoms with E-state index in [1.54, 1.807) is 13.8 Å². The average Bonchev–Trinajstić information content (AvgIpc) is 2.16. The van der Waals surface area contributed by atoms with E-state index in [2.05, 4.69) is 15.9 Å². The standard InChI is InChI=1S/C9H18BrO4P/c1-3-13-9(11)5-7-15(12,8-6-10)14-4-2/h3-8H2,1-2H3. The van der Waals surface area contributed by atoms with Gasteiger partial charge in [0.15, 0.2) is 0 Å². The smallest absolute Gasteiger partial charge is 0.306 e. The third-order valence-corrected chi connectivity index (χ3v) is 5.30. The predicted octanol–water partition coefficient (Wildman–Crippen LogP) is 2.65. The maximum Gasteiger partial charge on any atom is 0.306 e. The number of carbonyl (C=O) groups excluding carboxylic acids is 1. The Kier molecular flexibility index (Phi) is 8.39. The number of ether oxygens (including phenoxy) is 1. The fourth-order valence-electron chi connectivity index (χ4n) is 1.10. The summed E-state index contributed by atoms with van der Waals surface area (Å²) in [5.41, 5.74) is 0. The molecule has 4 nitrogen and oxygen atoms in total. The largest absolute Gasteiger partial charge is 0.466 e. The maximum atomic E-state index is 12.1. The second-order valence-corrected chi connectivity index (χ2v) is 6.50. The summed E-state index contributed by atoms with van der Waals surface area (Å²) in [6.45, 7) is 4.31. The van der Waals surface area contributed by atoms with Crippen molar-refractivity contribution in [3.05, 3.63) is 0 Å². The van der Waals surface area contributed by atoms with E-state index in [0.717, 1.165) is 0 Å². The number of rotatable bonds is 8.